The Morgan fingerprint density at radius 3 is 2.22 bits per heavy atom. The van der Waals surface area contributed by atoms with Crippen LogP contribution in [0.3, 0.4) is 0 Å². The highest BCUT2D eigenvalue weighted by atomic mass is 28.4. The monoisotopic (exact) mass is 276 g/mol. The smallest absolute Gasteiger partial charge is 0.302 e. The van der Waals surface area contributed by atoms with E-state index >= 15 is 0 Å². The first-order chi connectivity index (χ1) is 7.95. The second-order valence-electron chi connectivity index (χ2n) is 6.38. The Labute approximate surface area is 112 Å². The van der Waals surface area contributed by atoms with Gasteiger partial charge in [-0.2, -0.15) is 0 Å². The van der Waals surface area contributed by atoms with Crippen molar-refractivity contribution in [3.05, 3.63) is 0 Å². The molecule has 5 heteroatoms. The Morgan fingerprint density at radius 1 is 1.33 bits per heavy atom. The Kier molecular flexibility index (Phi) is 6.53. The minimum Gasteiger partial charge on any atom is -0.463 e. The second-order valence-corrected chi connectivity index (χ2v) is 11.2. The van der Waals surface area contributed by atoms with Gasteiger partial charge in [0.1, 0.15) is 6.10 Å². The predicted molar refractivity (Wildman–Crippen MR) is 75.0 cm³/mol. The summed E-state index contributed by atoms with van der Waals surface area (Å²) in [6.45, 7) is 14.2. The number of hydrogen-bond acceptors (Lipinski definition) is 4. The number of aliphatic hydroxyl groups is 1. The van der Waals surface area contributed by atoms with Gasteiger partial charge in [0.2, 0.25) is 0 Å². The fourth-order valence-electron chi connectivity index (χ4n) is 1.30. The molecule has 0 aromatic carbocycles. The average Bonchev–Trinajstić information content (AvgIpc) is 2.11. The summed E-state index contributed by atoms with van der Waals surface area (Å²) in [4.78, 5) is 10.8. The number of carbonyl (C=O) groups is 1. The lowest BCUT2D eigenvalue weighted by molar-refractivity contribution is -0.146. The maximum Gasteiger partial charge on any atom is 0.302 e. The van der Waals surface area contributed by atoms with Crippen molar-refractivity contribution in [1.29, 1.82) is 0 Å². The Bertz CT molecular complexity index is 271. The summed E-state index contributed by atoms with van der Waals surface area (Å²) >= 11 is 0. The Hall–Kier alpha value is -0.393. The first kappa shape index (κ1) is 17.6. The second kappa shape index (κ2) is 6.68. The molecule has 0 spiro atoms. The lowest BCUT2D eigenvalue weighted by Crippen LogP contribution is -2.43. The first-order valence-corrected chi connectivity index (χ1v) is 9.36. The maximum atomic E-state index is 10.8. The highest BCUT2D eigenvalue weighted by molar-refractivity contribution is 6.74. The summed E-state index contributed by atoms with van der Waals surface area (Å²) < 4.78 is 10.9. The molecule has 0 radical (unpaired) electrons. The fraction of sp³-hybridized carbons (Fsp3) is 0.923. The van der Waals surface area contributed by atoms with Crippen molar-refractivity contribution in [1.82, 2.24) is 0 Å². The van der Waals surface area contributed by atoms with Crippen molar-refractivity contribution in [2.24, 2.45) is 0 Å². The van der Waals surface area contributed by atoms with E-state index in [1.807, 2.05) is 0 Å². The van der Waals surface area contributed by atoms with Crippen LogP contribution in [0.5, 0.6) is 0 Å². The van der Waals surface area contributed by atoms with E-state index in [1.165, 1.54) is 6.92 Å². The molecule has 0 bridgehead atoms. The van der Waals surface area contributed by atoms with Gasteiger partial charge in [0.05, 0.1) is 12.7 Å². The van der Waals surface area contributed by atoms with Crippen LogP contribution in [0, 0.1) is 0 Å². The van der Waals surface area contributed by atoms with E-state index in [4.69, 9.17) is 9.16 Å². The number of aliphatic hydroxyl groups excluding tert-OH is 1. The highest BCUT2D eigenvalue weighted by Crippen LogP contribution is 2.36. The quantitative estimate of drug-likeness (QED) is 0.598. The van der Waals surface area contributed by atoms with Crippen LogP contribution in [-0.2, 0) is 14.0 Å². The molecule has 0 heterocycles. The van der Waals surface area contributed by atoms with Gasteiger partial charge >= 0.3 is 5.97 Å². The van der Waals surface area contributed by atoms with Crippen molar-refractivity contribution in [2.45, 2.75) is 71.4 Å². The van der Waals surface area contributed by atoms with E-state index in [9.17, 15) is 9.90 Å². The molecule has 0 aliphatic carbocycles. The molecule has 1 N–H and O–H groups in total. The van der Waals surface area contributed by atoms with Gasteiger partial charge in [-0.3, -0.25) is 4.79 Å². The van der Waals surface area contributed by atoms with E-state index in [0.29, 0.717) is 13.0 Å². The number of ether oxygens (including phenoxy) is 1. The lowest BCUT2D eigenvalue weighted by Gasteiger charge is -2.36. The summed E-state index contributed by atoms with van der Waals surface area (Å²) in [7, 11) is -1.82. The minimum atomic E-state index is -1.82. The summed E-state index contributed by atoms with van der Waals surface area (Å²) in [6, 6.07) is 0. The molecule has 0 rings (SSSR count). The SMILES string of the molecule is CC(=O)O[C@H](C)C[C@H](O)CO[Si](C)(C)C(C)(C)C. The molecule has 0 amide bonds. The third-order valence-corrected chi connectivity index (χ3v) is 7.91. The molecule has 2 atom stereocenters. The minimum absolute atomic E-state index is 0.133. The van der Waals surface area contributed by atoms with Gasteiger partial charge in [-0.05, 0) is 25.1 Å². The summed E-state index contributed by atoms with van der Waals surface area (Å²) in [5.41, 5.74) is 0. The predicted octanol–water partition coefficient (Wildman–Crippen LogP) is 2.71. The number of rotatable bonds is 6. The van der Waals surface area contributed by atoms with Crippen molar-refractivity contribution in [2.75, 3.05) is 6.61 Å². The molecule has 4 nitrogen and oxygen atoms in total. The molecule has 108 valence electrons. The van der Waals surface area contributed by atoms with Gasteiger partial charge < -0.3 is 14.3 Å². The highest BCUT2D eigenvalue weighted by Gasteiger charge is 2.37. The summed E-state index contributed by atoms with van der Waals surface area (Å²) in [5, 5.41) is 10.0. The third-order valence-electron chi connectivity index (χ3n) is 3.41. The summed E-state index contributed by atoms with van der Waals surface area (Å²) in [6.07, 6.45) is -0.456. The molecule has 0 aromatic heterocycles. The molecule has 18 heavy (non-hydrogen) atoms. The Morgan fingerprint density at radius 2 is 1.83 bits per heavy atom. The molecular weight excluding hydrogens is 248 g/mol. The van der Waals surface area contributed by atoms with Gasteiger partial charge in [-0.1, -0.05) is 20.8 Å². The Balaban J connectivity index is 4.11. The molecule has 0 saturated heterocycles. The molecule has 0 aliphatic heterocycles. The zero-order chi connectivity index (χ0) is 14.6. The van der Waals surface area contributed by atoms with Crippen LogP contribution in [0.4, 0.5) is 0 Å². The molecule has 0 fully saturated rings. The first-order valence-electron chi connectivity index (χ1n) is 6.45. The number of esters is 1. The van der Waals surface area contributed by atoms with E-state index in [1.54, 1.807) is 6.92 Å². The molecule has 0 aromatic rings. The molecule has 0 unspecified atom stereocenters. The van der Waals surface area contributed by atoms with Gasteiger partial charge in [-0.25, -0.2) is 0 Å². The third kappa shape index (κ3) is 6.52. The zero-order valence-electron chi connectivity index (χ0n) is 12.7. The van der Waals surface area contributed by atoms with Crippen LogP contribution in [0.1, 0.15) is 41.0 Å². The van der Waals surface area contributed by atoms with E-state index < -0.39 is 14.4 Å². The van der Waals surface area contributed by atoms with Crippen LogP contribution in [0.2, 0.25) is 18.1 Å². The molecule has 0 aliphatic rings. The van der Waals surface area contributed by atoms with E-state index in [-0.39, 0.29) is 17.1 Å². The van der Waals surface area contributed by atoms with E-state index in [0.717, 1.165) is 0 Å². The van der Waals surface area contributed by atoms with Gasteiger partial charge in [-0.15, -0.1) is 0 Å². The fourth-order valence-corrected chi connectivity index (χ4v) is 2.35. The topological polar surface area (TPSA) is 55.8 Å². The van der Waals surface area contributed by atoms with Crippen LogP contribution in [0.25, 0.3) is 0 Å². The van der Waals surface area contributed by atoms with Crippen LogP contribution >= 0.6 is 0 Å². The normalized spacial score (nSPS) is 16.2. The maximum absolute atomic E-state index is 10.8. The largest absolute Gasteiger partial charge is 0.463 e. The van der Waals surface area contributed by atoms with Crippen molar-refractivity contribution >= 4 is 14.3 Å². The van der Waals surface area contributed by atoms with Gasteiger partial charge in [0, 0.05) is 13.3 Å². The zero-order valence-corrected chi connectivity index (χ0v) is 13.7. The number of carbonyl (C=O) groups excluding carboxylic acids is 1. The van der Waals surface area contributed by atoms with Crippen LogP contribution < -0.4 is 0 Å². The lowest BCUT2D eigenvalue weighted by atomic mass is 10.2. The van der Waals surface area contributed by atoms with Gasteiger partial charge in [0.15, 0.2) is 8.32 Å². The van der Waals surface area contributed by atoms with Crippen molar-refractivity contribution < 1.29 is 19.1 Å². The van der Waals surface area contributed by atoms with Gasteiger partial charge in [0.25, 0.3) is 0 Å². The average molecular weight is 276 g/mol. The van der Waals surface area contributed by atoms with Crippen LogP contribution in [-0.4, -0.2) is 38.2 Å². The van der Waals surface area contributed by atoms with Crippen molar-refractivity contribution in [3.8, 4) is 0 Å². The van der Waals surface area contributed by atoms with Crippen LogP contribution in [0.15, 0.2) is 0 Å². The van der Waals surface area contributed by atoms with E-state index in [2.05, 4.69) is 33.9 Å². The number of hydrogen-bond donors (Lipinski definition) is 1. The van der Waals surface area contributed by atoms with Crippen molar-refractivity contribution in [3.63, 3.8) is 0 Å². The molecule has 0 saturated carbocycles. The molecular formula is C13H28O4Si. The summed E-state index contributed by atoms with van der Waals surface area (Å²) in [5.74, 6) is -0.319. The standard InChI is InChI=1S/C13H28O4Si/c1-10(17-11(2)14)8-12(15)9-16-18(6,7)13(3,4)5/h10,12,15H,8-9H2,1-7H3/t10-,12+/m1/s1.